The molecular weight excluding hydrogens is 492 g/mol. The summed E-state index contributed by atoms with van der Waals surface area (Å²) in [4.78, 5) is 50.4. The van der Waals surface area contributed by atoms with Crippen molar-refractivity contribution in [2.75, 3.05) is 6.61 Å². The fourth-order valence-electron chi connectivity index (χ4n) is 7.22. The smallest absolute Gasteiger partial charge is 0.331 e. The molecule has 0 heterocycles. The highest BCUT2D eigenvalue weighted by atomic mass is 16.6. The number of ether oxygens (including phenoxy) is 3. The predicted molar refractivity (Wildman–Crippen MR) is 135 cm³/mol. The topological polar surface area (TPSA) is 136 Å². The normalized spacial score (nSPS) is 41.4. The van der Waals surface area contributed by atoms with Crippen molar-refractivity contribution in [3.8, 4) is 0 Å². The van der Waals surface area contributed by atoms with E-state index >= 15 is 0 Å². The second kappa shape index (κ2) is 9.16. The van der Waals surface area contributed by atoms with Gasteiger partial charge in [0.2, 0.25) is 0 Å². The maximum Gasteiger partial charge on any atom is 0.331 e. The van der Waals surface area contributed by atoms with Gasteiger partial charge in [0.05, 0.1) is 17.4 Å². The first-order chi connectivity index (χ1) is 17.6. The van der Waals surface area contributed by atoms with Crippen molar-refractivity contribution in [1.29, 1.82) is 0 Å². The van der Waals surface area contributed by atoms with Gasteiger partial charge in [-0.3, -0.25) is 14.4 Å². The van der Waals surface area contributed by atoms with E-state index in [0.717, 1.165) is 0 Å². The number of ketones is 1. The summed E-state index contributed by atoms with van der Waals surface area (Å²) in [7, 11) is 0. The Morgan fingerprint density at radius 1 is 1.18 bits per heavy atom. The number of Topliss-reactive ketones (excluding diaryl/α,β-unsaturated/α-hetero) is 1. The van der Waals surface area contributed by atoms with E-state index in [0.29, 0.717) is 11.1 Å². The zero-order chi connectivity index (χ0) is 28.4. The van der Waals surface area contributed by atoms with Crippen molar-refractivity contribution < 1.29 is 43.6 Å². The molecule has 0 radical (unpaired) electrons. The van der Waals surface area contributed by atoms with E-state index in [-0.39, 0.29) is 19.4 Å². The molecule has 2 N–H and O–H groups in total. The number of rotatable bonds is 6. The summed E-state index contributed by atoms with van der Waals surface area (Å²) in [6.07, 6.45) is 6.19. The lowest BCUT2D eigenvalue weighted by atomic mass is 9.60. The molecule has 4 aliphatic carbocycles. The Hall–Kier alpha value is -2.78. The van der Waals surface area contributed by atoms with Gasteiger partial charge in [0.25, 0.3) is 0 Å². The number of fused-ring (bicyclic) bond motifs is 5. The largest absolute Gasteiger partial charge is 0.461 e. The van der Waals surface area contributed by atoms with E-state index in [9.17, 15) is 29.4 Å². The number of carbonyl (C=O) groups is 4. The van der Waals surface area contributed by atoms with Crippen LogP contribution in [0.1, 0.15) is 61.3 Å². The molecule has 9 nitrogen and oxygen atoms in total. The minimum atomic E-state index is -1.94. The van der Waals surface area contributed by atoms with Gasteiger partial charge >= 0.3 is 17.9 Å². The average Bonchev–Trinajstić information content (AvgIpc) is 3.24. The van der Waals surface area contributed by atoms with Gasteiger partial charge in [-0.05, 0) is 44.3 Å². The van der Waals surface area contributed by atoms with Crippen LogP contribution in [0.15, 0.2) is 35.5 Å². The molecule has 9 heteroatoms. The highest BCUT2D eigenvalue weighted by Gasteiger charge is 2.87. The number of hydrogen-bond acceptors (Lipinski definition) is 9. The fourth-order valence-corrected chi connectivity index (χ4v) is 7.22. The summed E-state index contributed by atoms with van der Waals surface area (Å²) < 4.78 is 17.3. The maximum atomic E-state index is 13.2. The van der Waals surface area contributed by atoms with E-state index in [4.69, 9.17) is 14.2 Å². The molecule has 1 unspecified atom stereocenters. The summed E-state index contributed by atoms with van der Waals surface area (Å²) >= 11 is 0. The Morgan fingerprint density at radius 2 is 1.84 bits per heavy atom. The minimum Gasteiger partial charge on any atom is -0.461 e. The second-order valence-corrected chi connectivity index (χ2v) is 11.9. The molecule has 0 saturated heterocycles. The number of allylic oxidation sites excluding steroid dienone is 1. The fraction of sp³-hybridized carbons (Fsp3) is 0.655. The maximum absolute atomic E-state index is 13.2. The summed E-state index contributed by atoms with van der Waals surface area (Å²) in [5, 5.41) is 24.3. The van der Waals surface area contributed by atoms with Crippen LogP contribution >= 0.6 is 0 Å². The van der Waals surface area contributed by atoms with Crippen LogP contribution in [0, 0.1) is 29.6 Å². The Labute approximate surface area is 222 Å². The Balaban J connectivity index is 1.89. The lowest BCUT2D eigenvalue weighted by molar-refractivity contribution is -0.189. The van der Waals surface area contributed by atoms with Gasteiger partial charge in [0, 0.05) is 31.3 Å². The molecule has 0 amide bonds. The third kappa shape index (κ3) is 3.88. The molecule has 0 aromatic carbocycles. The van der Waals surface area contributed by atoms with Crippen molar-refractivity contribution in [3.05, 3.63) is 35.5 Å². The standard InChI is InChI=1S/C29H38O9/c1-8-9-22(31)37-26(7)23-20-11-19(14-36-18(6)30)13-27(34)21(10-16(4)24(27)32)29(20,35)17(5)12-28(23,26)38-25(33)15(2)3/h8-11,15,17,20-21,23,34-35H,12-14H2,1-7H3/b9-8+/t17-,20+,21-,23+,26?,27-,28+,29-/m1/s1. The highest BCUT2D eigenvalue weighted by molar-refractivity contribution is 6.04. The molecule has 0 aromatic rings. The number of carbonyl (C=O) groups excluding carboxylic acids is 4. The van der Waals surface area contributed by atoms with Crippen molar-refractivity contribution in [2.45, 2.75) is 83.7 Å². The van der Waals surface area contributed by atoms with Crippen LogP contribution in [0.2, 0.25) is 0 Å². The number of aliphatic hydroxyl groups is 2. The van der Waals surface area contributed by atoms with Gasteiger partial charge < -0.3 is 24.4 Å². The molecule has 0 spiro atoms. The van der Waals surface area contributed by atoms with Crippen LogP contribution in [0.5, 0.6) is 0 Å². The van der Waals surface area contributed by atoms with Crippen LogP contribution in [0.3, 0.4) is 0 Å². The van der Waals surface area contributed by atoms with Crippen LogP contribution in [-0.4, -0.2) is 62.9 Å². The van der Waals surface area contributed by atoms with Gasteiger partial charge in [-0.2, -0.15) is 0 Å². The third-order valence-corrected chi connectivity index (χ3v) is 9.07. The van der Waals surface area contributed by atoms with Gasteiger partial charge in [-0.1, -0.05) is 39.0 Å². The van der Waals surface area contributed by atoms with Crippen molar-refractivity contribution in [2.24, 2.45) is 29.6 Å². The van der Waals surface area contributed by atoms with Crippen molar-refractivity contribution >= 4 is 23.7 Å². The summed E-state index contributed by atoms with van der Waals surface area (Å²) in [5.74, 6) is -5.55. The van der Waals surface area contributed by atoms with Gasteiger partial charge in [-0.15, -0.1) is 0 Å². The average molecular weight is 531 g/mol. The van der Waals surface area contributed by atoms with Crippen LogP contribution < -0.4 is 0 Å². The Kier molecular flexibility index (Phi) is 6.80. The molecule has 0 aliphatic heterocycles. The molecule has 2 saturated carbocycles. The first-order valence-corrected chi connectivity index (χ1v) is 13.2. The molecule has 4 rings (SSSR count). The lowest BCUT2D eigenvalue weighted by Crippen LogP contribution is -2.61. The molecular formula is C29H38O9. The minimum absolute atomic E-state index is 0.135. The van der Waals surface area contributed by atoms with Gasteiger partial charge in [-0.25, -0.2) is 4.79 Å². The van der Waals surface area contributed by atoms with E-state index < -0.39 is 75.7 Å². The molecule has 38 heavy (non-hydrogen) atoms. The molecule has 2 fully saturated rings. The van der Waals surface area contributed by atoms with Gasteiger partial charge in [0.1, 0.15) is 12.2 Å². The van der Waals surface area contributed by atoms with Crippen LogP contribution in [0.25, 0.3) is 0 Å². The number of hydrogen-bond donors (Lipinski definition) is 2. The summed E-state index contributed by atoms with van der Waals surface area (Å²) in [5.41, 5.74) is -5.30. The van der Waals surface area contributed by atoms with Crippen molar-refractivity contribution in [1.82, 2.24) is 0 Å². The van der Waals surface area contributed by atoms with Crippen LogP contribution in [0.4, 0.5) is 0 Å². The quantitative estimate of drug-likeness (QED) is 0.230. The molecule has 0 bridgehead atoms. The SMILES string of the molecule is C/C=C/C(=O)OC1(C)[C@@H]2[C@@H]3C=C(COC(C)=O)C[C@]4(O)C(=O)C(C)=C[C@H]4[C@@]3(O)[C@H](C)C[C@]21OC(=O)C(C)C. The first kappa shape index (κ1) is 28.2. The third-order valence-electron chi connectivity index (χ3n) is 9.07. The van der Waals surface area contributed by atoms with Crippen molar-refractivity contribution in [3.63, 3.8) is 0 Å². The zero-order valence-corrected chi connectivity index (χ0v) is 23.1. The molecule has 208 valence electrons. The van der Waals surface area contributed by atoms with E-state index in [1.807, 2.05) is 0 Å². The number of esters is 3. The Morgan fingerprint density at radius 3 is 2.42 bits per heavy atom. The van der Waals surface area contributed by atoms with Gasteiger partial charge in [0.15, 0.2) is 17.0 Å². The second-order valence-electron chi connectivity index (χ2n) is 11.9. The molecule has 0 aromatic heterocycles. The summed E-state index contributed by atoms with van der Waals surface area (Å²) in [6, 6.07) is 0. The predicted octanol–water partition coefficient (Wildman–Crippen LogP) is 2.59. The molecule has 4 aliphatic rings. The van der Waals surface area contributed by atoms with E-state index in [1.165, 1.54) is 13.0 Å². The van der Waals surface area contributed by atoms with Crippen LogP contribution in [-0.2, 0) is 33.4 Å². The highest BCUT2D eigenvalue weighted by Crippen LogP contribution is 2.73. The van der Waals surface area contributed by atoms with E-state index in [2.05, 4.69) is 0 Å². The molecule has 8 atom stereocenters. The summed E-state index contributed by atoms with van der Waals surface area (Å²) in [6.45, 7) is 11.3. The zero-order valence-electron chi connectivity index (χ0n) is 23.1. The first-order valence-electron chi connectivity index (χ1n) is 13.2. The van der Waals surface area contributed by atoms with E-state index in [1.54, 1.807) is 59.8 Å². The Bertz CT molecular complexity index is 1160. The lowest BCUT2D eigenvalue weighted by Gasteiger charge is -2.50. The monoisotopic (exact) mass is 530 g/mol.